The van der Waals surface area contributed by atoms with Crippen LogP contribution in [0.25, 0.3) is 0 Å². The zero-order valence-corrected chi connectivity index (χ0v) is 21.1. The molecule has 34 heavy (non-hydrogen) atoms. The third-order valence-corrected chi connectivity index (χ3v) is 5.13. The fourth-order valence-corrected chi connectivity index (χ4v) is 3.41. The van der Waals surface area contributed by atoms with Crippen LogP contribution in [0, 0.1) is 0 Å². The van der Waals surface area contributed by atoms with Crippen LogP contribution in [0.3, 0.4) is 0 Å². The third-order valence-electron chi connectivity index (χ3n) is 4.26. The van der Waals surface area contributed by atoms with Crippen molar-refractivity contribution in [1.29, 1.82) is 0 Å². The van der Waals surface area contributed by atoms with Crippen molar-refractivity contribution in [1.82, 2.24) is 0 Å². The first-order chi connectivity index (χ1) is 16.1. The van der Waals surface area contributed by atoms with Gasteiger partial charge in [0.1, 0.15) is 23.5 Å². The summed E-state index contributed by atoms with van der Waals surface area (Å²) in [5, 5.41) is 3.81. The SMILES string of the molecule is CCCON=C(c1ccc(CCCOc2c(Cl)cc(OCC=C(Cl)Cl)cc2Cl)cc1)C(F)(F)F. The molecule has 0 aliphatic rings. The minimum atomic E-state index is -4.62. The predicted molar refractivity (Wildman–Crippen MR) is 131 cm³/mol. The highest BCUT2D eigenvalue weighted by Gasteiger charge is 2.37. The van der Waals surface area contributed by atoms with Crippen LogP contribution in [-0.4, -0.2) is 31.7 Å². The molecule has 0 amide bonds. The van der Waals surface area contributed by atoms with Crippen molar-refractivity contribution in [3.63, 3.8) is 0 Å². The van der Waals surface area contributed by atoms with Gasteiger partial charge in [0.15, 0.2) is 11.5 Å². The van der Waals surface area contributed by atoms with Crippen LogP contribution in [0.1, 0.15) is 30.9 Å². The van der Waals surface area contributed by atoms with E-state index in [1.54, 1.807) is 31.2 Å². The maximum atomic E-state index is 13.3. The van der Waals surface area contributed by atoms with E-state index in [-0.39, 0.29) is 33.3 Å². The maximum Gasteiger partial charge on any atom is 0.437 e. The average Bonchev–Trinajstić information content (AvgIpc) is 2.75. The van der Waals surface area contributed by atoms with Crippen molar-refractivity contribution in [3.05, 3.63) is 68.1 Å². The minimum Gasteiger partial charge on any atom is -0.490 e. The summed E-state index contributed by atoms with van der Waals surface area (Å²) in [4.78, 5) is 4.74. The molecule has 0 N–H and O–H groups in total. The number of benzene rings is 2. The number of aryl methyl sites for hydroxylation is 1. The van der Waals surface area contributed by atoms with Crippen LogP contribution in [0.15, 0.2) is 52.1 Å². The predicted octanol–water partition coefficient (Wildman–Crippen LogP) is 8.40. The molecule has 2 aromatic rings. The Kier molecular flexibility index (Phi) is 11.6. The standard InChI is InChI=1S/C23H22Cl4F3NO3/c1-2-10-34-31-22(23(28,29)30)16-7-5-15(6-8-16)4-3-11-33-21-18(24)13-17(14-19(21)25)32-12-9-20(26)27/h5-9,13-14H,2-4,10-12H2,1H3. The second-order valence-corrected chi connectivity index (χ2v) is 8.76. The number of alkyl halides is 3. The second-order valence-electron chi connectivity index (χ2n) is 6.94. The largest absolute Gasteiger partial charge is 0.490 e. The highest BCUT2D eigenvalue weighted by Crippen LogP contribution is 2.37. The number of hydrogen-bond acceptors (Lipinski definition) is 4. The van der Waals surface area contributed by atoms with Gasteiger partial charge in [0, 0.05) is 17.7 Å². The summed E-state index contributed by atoms with van der Waals surface area (Å²) in [6.07, 6.45) is -1.42. The summed E-state index contributed by atoms with van der Waals surface area (Å²) in [5.41, 5.74) is -0.280. The number of ether oxygens (including phenoxy) is 2. The van der Waals surface area contributed by atoms with E-state index < -0.39 is 11.9 Å². The van der Waals surface area contributed by atoms with E-state index in [4.69, 9.17) is 60.7 Å². The summed E-state index contributed by atoms with van der Waals surface area (Å²) in [6, 6.07) is 9.09. The summed E-state index contributed by atoms with van der Waals surface area (Å²) in [5.74, 6) is 0.741. The van der Waals surface area contributed by atoms with Crippen molar-refractivity contribution in [2.45, 2.75) is 32.4 Å². The molecule has 0 saturated carbocycles. The van der Waals surface area contributed by atoms with Crippen molar-refractivity contribution in [2.75, 3.05) is 19.8 Å². The molecular weight excluding hydrogens is 537 g/mol. The molecule has 186 valence electrons. The van der Waals surface area contributed by atoms with Crippen LogP contribution in [0.4, 0.5) is 13.2 Å². The molecule has 0 saturated heterocycles. The molecule has 0 bridgehead atoms. The van der Waals surface area contributed by atoms with Gasteiger partial charge in [-0.25, -0.2) is 0 Å². The lowest BCUT2D eigenvalue weighted by Crippen LogP contribution is -2.24. The minimum absolute atomic E-state index is 0.0618. The molecule has 2 rings (SSSR count). The van der Waals surface area contributed by atoms with E-state index >= 15 is 0 Å². The topological polar surface area (TPSA) is 40.0 Å². The second kappa shape index (κ2) is 13.9. The fraction of sp³-hybridized carbons (Fsp3) is 0.348. The molecule has 2 aromatic carbocycles. The van der Waals surface area contributed by atoms with Gasteiger partial charge in [-0.3, -0.25) is 0 Å². The fourth-order valence-electron chi connectivity index (χ4n) is 2.71. The van der Waals surface area contributed by atoms with Crippen molar-refractivity contribution < 1.29 is 27.5 Å². The number of oxime groups is 1. The Morgan fingerprint density at radius 3 is 2.21 bits per heavy atom. The maximum absolute atomic E-state index is 13.3. The monoisotopic (exact) mass is 557 g/mol. The van der Waals surface area contributed by atoms with Gasteiger partial charge in [-0.05, 0) is 30.9 Å². The van der Waals surface area contributed by atoms with Crippen molar-refractivity contribution >= 4 is 52.1 Å². The lowest BCUT2D eigenvalue weighted by molar-refractivity contribution is -0.0615. The molecule has 0 fully saturated rings. The Morgan fingerprint density at radius 2 is 1.65 bits per heavy atom. The molecule has 0 heterocycles. The first-order valence-electron chi connectivity index (χ1n) is 10.2. The van der Waals surface area contributed by atoms with E-state index in [9.17, 15) is 13.2 Å². The first-order valence-corrected chi connectivity index (χ1v) is 11.7. The Bertz CT molecular complexity index is 969. The van der Waals surface area contributed by atoms with E-state index in [0.29, 0.717) is 37.4 Å². The van der Waals surface area contributed by atoms with Crippen LogP contribution in [0.5, 0.6) is 11.5 Å². The van der Waals surface area contributed by atoms with Gasteiger partial charge in [-0.15, -0.1) is 0 Å². The van der Waals surface area contributed by atoms with Crippen LogP contribution in [-0.2, 0) is 11.3 Å². The number of rotatable bonds is 12. The van der Waals surface area contributed by atoms with Gasteiger partial charge >= 0.3 is 6.18 Å². The zero-order chi connectivity index (χ0) is 25.1. The van der Waals surface area contributed by atoms with Crippen LogP contribution in [0.2, 0.25) is 10.0 Å². The quantitative estimate of drug-likeness (QED) is 0.149. The van der Waals surface area contributed by atoms with Gasteiger partial charge in [0.2, 0.25) is 0 Å². The van der Waals surface area contributed by atoms with Gasteiger partial charge in [0.25, 0.3) is 0 Å². The molecule has 4 nitrogen and oxygen atoms in total. The van der Waals surface area contributed by atoms with Gasteiger partial charge in [-0.2, -0.15) is 13.2 Å². The van der Waals surface area contributed by atoms with Crippen LogP contribution < -0.4 is 9.47 Å². The first kappa shape index (κ1) is 28.4. The summed E-state index contributed by atoms with van der Waals surface area (Å²) in [7, 11) is 0. The lowest BCUT2D eigenvalue weighted by Gasteiger charge is -2.13. The van der Waals surface area contributed by atoms with E-state index in [2.05, 4.69) is 5.16 Å². The molecule has 0 aliphatic heterocycles. The molecule has 0 aromatic heterocycles. The van der Waals surface area contributed by atoms with E-state index in [1.807, 2.05) is 0 Å². The van der Waals surface area contributed by atoms with E-state index in [1.165, 1.54) is 18.2 Å². The van der Waals surface area contributed by atoms with Crippen molar-refractivity contribution in [3.8, 4) is 11.5 Å². The summed E-state index contributed by atoms with van der Waals surface area (Å²) in [6.45, 7) is 2.34. The van der Waals surface area contributed by atoms with Gasteiger partial charge in [0.05, 0.1) is 16.7 Å². The highest BCUT2D eigenvalue weighted by molar-refractivity contribution is 6.55. The average molecular weight is 559 g/mol. The van der Waals surface area contributed by atoms with E-state index in [0.717, 1.165) is 5.56 Å². The Balaban J connectivity index is 1.91. The normalized spacial score (nSPS) is 11.8. The lowest BCUT2D eigenvalue weighted by atomic mass is 10.0. The molecule has 0 radical (unpaired) electrons. The van der Waals surface area contributed by atoms with Crippen molar-refractivity contribution in [2.24, 2.45) is 5.16 Å². The molecule has 11 heteroatoms. The molecule has 0 spiro atoms. The van der Waals surface area contributed by atoms with Crippen LogP contribution >= 0.6 is 46.4 Å². The Labute approximate surface area is 216 Å². The number of halogens is 7. The number of hydrogen-bond donors (Lipinski definition) is 0. The number of nitrogens with zero attached hydrogens (tertiary/aromatic N) is 1. The zero-order valence-electron chi connectivity index (χ0n) is 18.1. The van der Waals surface area contributed by atoms with Gasteiger partial charge in [-0.1, -0.05) is 82.7 Å². The Morgan fingerprint density at radius 1 is 1.00 bits per heavy atom. The summed E-state index contributed by atoms with van der Waals surface area (Å²) >= 11 is 23.5. The smallest absolute Gasteiger partial charge is 0.437 e. The third kappa shape index (κ3) is 9.45. The molecule has 0 unspecified atom stereocenters. The highest BCUT2D eigenvalue weighted by atomic mass is 35.5. The molecule has 0 atom stereocenters. The molecule has 0 aliphatic carbocycles. The van der Waals surface area contributed by atoms with Gasteiger partial charge < -0.3 is 14.3 Å². The molecular formula is C23H22Cl4F3NO3. The summed E-state index contributed by atoms with van der Waals surface area (Å²) < 4.78 is 51.0. The Hall–Kier alpha value is -1.80.